The quantitative estimate of drug-likeness (QED) is 0.564. The fraction of sp³-hybridized carbons (Fsp3) is 0.632. The van der Waals surface area contributed by atoms with Crippen LogP contribution >= 0.6 is 0 Å². The number of aliphatic imine (C=N–C) groups is 1. The van der Waals surface area contributed by atoms with Gasteiger partial charge in [-0.15, -0.1) is 0 Å². The fourth-order valence-electron chi connectivity index (χ4n) is 3.18. The molecule has 0 radical (unpaired) electrons. The van der Waals surface area contributed by atoms with Crippen molar-refractivity contribution in [3.63, 3.8) is 0 Å². The highest BCUT2D eigenvalue weighted by Gasteiger charge is 2.34. The summed E-state index contributed by atoms with van der Waals surface area (Å²) in [4.78, 5) is 6.64. The number of likely N-dealkylation sites (N-methyl/N-ethyl adjacent to an activating group) is 1. The second-order valence-electron chi connectivity index (χ2n) is 6.70. The number of nitrogens with one attached hydrogen (secondary N) is 2. The Morgan fingerprint density at radius 3 is 2.42 bits per heavy atom. The number of hydrogen-bond acceptors (Lipinski definition) is 5. The Hall–Kier alpha value is -1.99. The lowest BCUT2D eigenvalue weighted by molar-refractivity contribution is -0.00501. The molecule has 0 aromatic heterocycles. The van der Waals surface area contributed by atoms with Gasteiger partial charge in [0.1, 0.15) is 0 Å². The fourth-order valence-corrected chi connectivity index (χ4v) is 3.18. The van der Waals surface area contributed by atoms with Gasteiger partial charge in [-0.1, -0.05) is 6.07 Å². The van der Waals surface area contributed by atoms with Crippen molar-refractivity contribution in [2.45, 2.75) is 24.9 Å². The molecular formula is C19H32N4O3. The summed E-state index contributed by atoms with van der Waals surface area (Å²) in [7, 11) is 9.33. The SMILES string of the molecule is CN=C(NCc1ccc(OC)c(OC)c1)NCC1(N(C)C)CCOCC1. The molecule has 146 valence electrons. The average Bonchev–Trinajstić information content (AvgIpc) is 2.68. The average molecular weight is 364 g/mol. The minimum atomic E-state index is 0.0964. The van der Waals surface area contributed by atoms with Crippen molar-refractivity contribution < 1.29 is 14.2 Å². The standard InChI is InChI=1S/C19H32N4O3/c1-20-18(22-14-19(23(2)3)8-10-26-11-9-19)21-13-15-6-7-16(24-4)17(12-15)25-5/h6-7,12H,8-11,13-14H2,1-5H3,(H2,20,21,22). The van der Waals surface area contributed by atoms with Gasteiger partial charge >= 0.3 is 0 Å². The lowest BCUT2D eigenvalue weighted by atomic mass is 9.88. The molecule has 1 aliphatic heterocycles. The summed E-state index contributed by atoms with van der Waals surface area (Å²) < 4.78 is 16.2. The van der Waals surface area contributed by atoms with Crippen molar-refractivity contribution in [3.05, 3.63) is 23.8 Å². The van der Waals surface area contributed by atoms with Crippen LogP contribution in [0.2, 0.25) is 0 Å². The predicted octanol–water partition coefficient (Wildman–Crippen LogP) is 1.48. The molecule has 0 bridgehead atoms. The van der Waals surface area contributed by atoms with E-state index < -0.39 is 0 Å². The van der Waals surface area contributed by atoms with E-state index in [1.54, 1.807) is 21.3 Å². The lowest BCUT2D eigenvalue weighted by Crippen LogP contribution is -2.57. The zero-order chi connectivity index (χ0) is 19.0. The highest BCUT2D eigenvalue weighted by Crippen LogP contribution is 2.27. The Bertz CT molecular complexity index is 598. The number of hydrogen-bond donors (Lipinski definition) is 2. The van der Waals surface area contributed by atoms with Gasteiger partial charge in [0.15, 0.2) is 17.5 Å². The van der Waals surface area contributed by atoms with Crippen molar-refractivity contribution in [2.24, 2.45) is 4.99 Å². The molecule has 1 aromatic rings. The largest absolute Gasteiger partial charge is 0.493 e. The van der Waals surface area contributed by atoms with Crippen LogP contribution in [-0.2, 0) is 11.3 Å². The van der Waals surface area contributed by atoms with Crippen molar-refractivity contribution in [3.8, 4) is 11.5 Å². The minimum Gasteiger partial charge on any atom is -0.493 e. The first-order valence-corrected chi connectivity index (χ1v) is 8.95. The number of guanidine groups is 1. The summed E-state index contributed by atoms with van der Waals surface area (Å²) in [6, 6.07) is 5.90. The van der Waals surface area contributed by atoms with Gasteiger partial charge in [-0.05, 0) is 44.6 Å². The van der Waals surface area contributed by atoms with Crippen LogP contribution < -0.4 is 20.1 Å². The molecule has 1 aliphatic rings. The molecule has 0 saturated carbocycles. The van der Waals surface area contributed by atoms with Gasteiger partial charge < -0.3 is 29.7 Å². The maximum absolute atomic E-state index is 5.53. The molecule has 7 heteroatoms. The molecule has 2 N–H and O–H groups in total. The van der Waals surface area contributed by atoms with Gasteiger partial charge in [-0.25, -0.2) is 0 Å². The molecule has 26 heavy (non-hydrogen) atoms. The summed E-state index contributed by atoms with van der Waals surface area (Å²) in [5, 5.41) is 6.83. The number of nitrogens with zero attached hydrogens (tertiary/aromatic N) is 2. The summed E-state index contributed by atoms with van der Waals surface area (Å²) in [6.07, 6.45) is 2.03. The number of benzene rings is 1. The van der Waals surface area contributed by atoms with Crippen LogP contribution in [0.1, 0.15) is 18.4 Å². The van der Waals surface area contributed by atoms with E-state index in [1.807, 2.05) is 18.2 Å². The minimum absolute atomic E-state index is 0.0964. The van der Waals surface area contributed by atoms with Crippen molar-refractivity contribution in [2.75, 3.05) is 55.1 Å². The third-order valence-corrected chi connectivity index (χ3v) is 5.09. The third kappa shape index (κ3) is 5.02. The molecule has 7 nitrogen and oxygen atoms in total. The van der Waals surface area contributed by atoms with Crippen LogP contribution in [0.4, 0.5) is 0 Å². The van der Waals surface area contributed by atoms with Crippen LogP contribution in [-0.4, -0.2) is 71.5 Å². The number of ether oxygens (including phenoxy) is 3. The normalized spacial score (nSPS) is 17.1. The molecule has 1 aromatic carbocycles. The highest BCUT2D eigenvalue weighted by molar-refractivity contribution is 5.79. The van der Waals surface area contributed by atoms with E-state index in [-0.39, 0.29) is 5.54 Å². The van der Waals surface area contributed by atoms with E-state index in [0.29, 0.717) is 6.54 Å². The molecule has 0 amide bonds. The molecule has 0 atom stereocenters. The molecule has 1 heterocycles. The second kappa shape index (κ2) is 9.64. The highest BCUT2D eigenvalue weighted by atomic mass is 16.5. The Balaban J connectivity index is 1.93. The Kier molecular flexibility index (Phi) is 7.53. The lowest BCUT2D eigenvalue weighted by Gasteiger charge is -2.43. The molecule has 1 fully saturated rings. The van der Waals surface area contributed by atoms with Crippen LogP contribution in [0.5, 0.6) is 11.5 Å². The summed E-state index contributed by atoms with van der Waals surface area (Å²) in [5.74, 6) is 2.24. The first-order chi connectivity index (χ1) is 12.5. The van der Waals surface area contributed by atoms with E-state index in [0.717, 1.165) is 55.6 Å². The van der Waals surface area contributed by atoms with Gasteiger partial charge in [-0.3, -0.25) is 4.99 Å². The van der Waals surface area contributed by atoms with E-state index in [4.69, 9.17) is 14.2 Å². The van der Waals surface area contributed by atoms with Crippen LogP contribution in [0.3, 0.4) is 0 Å². The summed E-state index contributed by atoms with van der Waals surface area (Å²) in [5.41, 5.74) is 1.19. The Morgan fingerprint density at radius 2 is 1.85 bits per heavy atom. The molecule has 0 unspecified atom stereocenters. The number of methoxy groups -OCH3 is 2. The number of rotatable bonds is 7. The molecule has 2 rings (SSSR count). The second-order valence-corrected chi connectivity index (χ2v) is 6.70. The van der Waals surface area contributed by atoms with Crippen LogP contribution in [0.25, 0.3) is 0 Å². The van der Waals surface area contributed by atoms with E-state index in [1.165, 1.54) is 0 Å². The smallest absolute Gasteiger partial charge is 0.191 e. The molecule has 0 spiro atoms. The summed E-state index contributed by atoms with van der Waals surface area (Å²) >= 11 is 0. The monoisotopic (exact) mass is 364 g/mol. The van der Waals surface area contributed by atoms with Crippen LogP contribution in [0, 0.1) is 0 Å². The van der Waals surface area contributed by atoms with Crippen LogP contribution in [0.15, 0.2) is 23.2 Å². The maximum Gasteiger partial charge on any atom is 0.191 e. The predicted molar refractivity (Wildman–Crippen MR) is 104 cm³/mol. The first kappa shape index (κ1) is 20.3. The van der Waals surface area contributed by atoms with Gasteiger partial charge in [0.05, 0.1) is 14.2 Å². The Labute approximate surface area is 156 Å². The van der Waals surface area contributed by atoms with Crippen molar-refractivity contribution in [1.29, 1.82) is 0 Å². The van der Waals surface area contributed by atoms with E-state index in [9.17, 15) is 0 Å². The van der Waals surface area contributed by atoms with Gasteiger partial charge in [0, 0.05) is 38.9 Å². The first-order valence-electron chi connectivity index (χ1n) is 8.95. The zero-order valence-electron chi connectivity index (χ0n) is 16.6. The molecule has 0 aliphatic carbocycles. The van der Waals surface area contributed by atoms with Gasteiger partial charge in [-0.2, -0.15) is 0 Å². The maximum atomic E-state index is 5.53. The Morgan fingerprint density at radius 1 is 1.15 bits per heavy atom. The van der Waals surface area contributed by atoms with Gasteiger partial charge in [0.25, 0.3) is 0 Å². The van der Waals surface area contributed by atoms with Crippen molar-refractivity contribution >= 4 is 5.96 Å². The van der Waals surface area contributed by atoms with Gasteiger partial charge in [0.2, 0.25) is 0 Å². The zero-order valence-corrected chi connectivity index (χ0v) is 16.6. The molecular weight excluding hydrogens is 332 g/mol. The van der Waals surface area contributed by atoms with E-state index in [2.05, 4.69) is 34.6 Å². The molecule has 1 saturated heterocycles. The topological polar surface area (TPSA) is 67.4 Å². The van der Waals surface area contributed by atoms with Crippen molar-refractivity contribution in [1.82, 2.24) is 15.5 Å². The summed E-state index contributed by atoms with van der Waals surface area (Å²) in [6.45, 7) is 3.09. The third-order valence-electron chi connectivity index (χ3n) is 5.09. The van der Waals surface area contributed by atoms with E-state index >= 15 is 0 Å².